The highest BCUT2D eigenvalue weighted by Crippen LogP contribution is 2.27. The number of nitrogen functional groups attached to an aromatic ring is 1. The Bertz CT molecular complexity index is 655. The van der Waals surface area contributed by atoms with Gasteiger partial charge in [-0.05, 0) is 18.6 Å². The number of benzene rings is 1. The number of rotatable bonds is 3. The lowest BCUT2D eigenvalue weighted by atomic mass is 10.3. The van der Waals surface area contributed by atoms with Gasteiger partial charge in [0.25, 0.3) is 0 Å². The number of carbonyl (C=O) groups is 1. The molecule has 1 fully saturated rings. The number of amides is 1. The molecule has 1 aliphatic rings. The molecule has 2 rings (SSSR count). The maximum Gasteiger partial charge on any atom is 0.249 e. The standard InChI is InChI=1S/C12H15F2N3O3S/c1-7(18)16-9-2-3-17(6-9)21(19,20)12-10(13)4-8(15)5-11(12)14/h4-5,9H,2-3,6,15H2,1H3,(H,16,18). The van der Waals surface area contributed by atoms with E-state index in [1.165, 1.54) is 6.92 Å². The maximum atomic E-state index is 13.8. The second-order valence-corrected chi connectivity index (χ2v) is 6.74. The van der Waals surface area contributed by atoms with Gasteiger partial charge in [0, 0.05) is 31.7 Å². The van der Waals surface area contributed by atoms with E-state index in [9.17, 15) is 22.0 Å². The van der Waals surface area contributed by atoms with Crippen LogP contribution in [0.2, 0.25) is 0 Å². The molecule has 1 amide bonds. The SMILES string of the molecule is CC(=O)NC1CCN(S(=O)(=O)c2c(F)cc(N)cc2F)C1. The van der Waals surface area contributed by atoms with Gasteiger partial charge in [0.15, 0.2) is 4.90 Å². The van der Waals surface area contributed by atoms with Crippen LogP contribution in [0.1, 0.15) is 13.3 Å². The number of anilines is 1. The number of sulfonamides is 1. The number of hydrogen-bond donors (Lipinski definition) is 2. The minimum absolute atomic E-state index is 0.0226. The Labute approximate surface area is 121 Å². The monoisotopic (exact) mass is 319 g/mol. The first-order valence-electron chi connectivity index (χ1n) is 6.23. The van der Waals surface area contributed by atoms with Crippen LogP contribution >= 0.6 is 0 Å². The minimum Gasteiger partial charge on any atom is -0.399 e. The molecule has 1 heterocycles. The third kappa shape index (κ3) is 3.13. The van der Waals surface area contributed by atoms with Crippen LogP contribution in [-0.2, 0) is 14.8 Å². The van der Waals surface area contributed by atoms with Crippen molar-refractivity contribution in [3.05, 3.63) is 23.8 Å². The maximum absolute atomic E-state index is 13.8. The number of nitrogens with one attached hydrogen (secondary N) is 1. The molecule has 0 spiro atoms. The lowest BCUT2D eigenvalue weighted by Gasteiger charge is -2.18. The average Bonchev–Trinajstić information content (AvgIpc) is 2.75. The molecule has 3 N–H and O–H groups in total. The molecule has 6 nitrogen and oxygen atoms in total. The predicted octanol–water partition coefficient (Wildman–Crippen LogP) is 0.446. The molecule has 21 heavy (non-hydrogen) atoms. The van der Waals surface area contributed by atoms with Crippen LogP contribution in [0.5, 0.6) is 0 Å². The van der Waals surface area contributed by atoms with Crippen LogP contribution in [-0.4, -0.2) is 37.8 Å². The normalized spacial score (nSPS) is 19.7. The van der Waals surface area contributed by atoms with Gasteiger partial charge in [0.1, 0.15) is 11.6 Å². The highest BCUT2D eigenvalue weighted by atomic mass is 32.2. The van der Waals surface area contributed by atoms with Crippen molar-refractivity contribution < 1.29 is 22.0 Å². The van der Waals surface area contributed by atoms with Gasteiger partial charge in [-0.25, -0.2) is 17.2 Å². The molecule has 0 aliphatic carbocycles. The third-order valence-corrected chi connectivity index (χ3v) is 5.09. The summed E-state index contributed by atoms with van der Waals surface area (Å²) in [6.07, 6.45) is 0.386. The first-order chi connectivity index (χ1) is 9.71. The van der Waals surface area contributed by atoms with Crippen LogP contribution in [0.25, 0.3) is 0 Å². The summed E-state index contributed by atoms with van der Waals surface area (Å²) in [6, 6.07) is 1.16. The summed E-state index contributed by atoms with van der Waals surface area (Å²) in [5.74, 6) is -2.74. The van der Waals surface area contributed by atoms with Crippen molar-refractivity contribution in [2.75, 3.05) is 18.8 Å². The highest BCUT2D eigenvalue weighted by Gasteiger charge is 2.36. The summed E-state index contributed by atoms with van der Waals surface area (Å²) in [5.41, 5.74) is 5.07. The fourth-order valence-corrected chi connectivity index (χ4v) is 3.90. The van der Waals surface area contributed by atoms with E-state index in [0.29, 0.717) is 6.42 Å². The summed E-state index contributed by atoms with van der Waals surface area (Å²) in [5, 5.41) is 2.58. The van der Waals surface area contributed by atoms with E-state index in [2.05, 4.69) is 5.32 Å². The minimum atomic E-state index is -4.31. The van der Waals surface area contributed by atoms with Gasteiger partial charge < -0.3 is 11.1 Å². The van der Waals surface area contributed by atoms with E-state index in [0.717, 1.165) is 16.4 Å². The average molecular weight is 319 g/mol. The van der Waals surface area contributed by atoms with Gasteiger partial charge in [-0.2, -0.15) is 4.31 Å². The lowest BCUT2D eigenvalue weighted by Crippen LogP contribution is -2.37. The summed E-state index contributed by atoms with van der Waals surface area (Å²) in [6.45, 7) is 1.37. The molecular weight excluding hydrogens is 304 g/mol. The Hall–Kier alpha value is -1.74. The van der Waals surface area contributed by atoms with Crippen molar-refractivity contribution >= 4 is 21.6 Å². The van der Waals surface area contributed by atoms with Crippen LogP contribution in [0.15, 0.2) is 17.0 Å². The lowest BCUT2D eigenvalue weighted by molar-refractivity contribution is -0.119. The van der Waals surface area contributed by atoms with Crippen molar-refractivity contribution in [1.82, 2.24) is 9.62 Å². The molecular formula is C12H15F2N3O3S. The predicted molar refractivity (Wildman–Crippen MR) is 71.8 cm³/mol. The quantitative estimate of drug-likeness (QED) is 0.791. The number of carbonyl (C=O) groups excluding carboxylic acids is 1. The van der Waals surface area contributed by atoms with E-state index >= 15 is 0 Å². The van der Waals surface area contributed by atoms with Crippen LogP contribution < -0.4 is 11.1 Å². The van der Waals surface area contributed by atoms with Crippen molar-refractivity contribution in [2.45, 2.75) is 24.3 Å². The second-order valence-electron chi connectivity index (χ2n) is 4.86. The van der Waals surface area contributed by atoms with Crippen LogP contribution in [0, 0.1) is 11.6 Å². The fourth-order valence-electron chi connectivity index (χ4n) is 2.31. The molecule has 1 unspecified atom stereocenters. The number of halogens is 2. The summed E-state index contributed by atoms with van der Waals surface area (Å²) in [7, 11) is -4.31. The highest BCUT2D eigenvalue weighted by molar-refractivity contribution is 7.89. The Balaban J connectivity index is 2.30. The van der Waals surface area contributed by atoms with E-state index in [1.807, 2.05) is 0 Å². The zero-order valence-electron chi connectivity index (χ0n) is 11.3. The van der Waals surface area contributed by atoms with Crippen LogP contribution in [0.4, 0.5) is 14.5 Å². The van der Waals surface area contributed by atoms with E-state index in [-0.39, 0.29) is 30.7 Å². The first-order valence-corrected chi connectivity index (χ1v) is 7.67. The van der Waals surface area contributed by atoms with Gasteiger partial charge in [0.2, 0.25) is 15.9 Å². The topological polar surface area (TPSA) is 92.5 Å². The molecule has 1 aliphatic heterocycles. The molecule has 0 radical (unpaired) electrons. The molecule has 1 atom stereocenters. The number of nitrogens with zero attached hydrogens (tertiary/aromatic N) is 1. The fraction of sp³-hybridized carbons (Fsp3) is 0.417. The largest absolute Gasteiger partial charge is 0.399 e. The Morgan fingerprint density at radius 2 is 1.95 bits per heavy atom. The molecule has 0 saturated carbocycles. The van der Waals surface area contributed by atoms with Crippen molar-refractivity contribution in [1.29, 1.82) is 0 Å². The van der Waals surface area contributed by atoms with E-state index in [4.69, 9.17) is 5.73 Å². The molecule has 1 aromatic rings. The zero-order valence-corrected chi connectivity index (χ0v) is 12.1. The van der Waals surface area contributed by atoms with Crippen molar-refractivity contribution in [3.63, 3.8) is 0 Å². The van der Waals surface area contributed by atoms with Gasteiger partial charge in [-0.15, -0.1) is 0 Å². The summed E-state index contributed by atoms with van der Waals surface area (Å²) in [4.78, 5) is 9.95. The van der Waals surface area contributed by atoms with Gasteiger partial charge in [-0.3, -0.25) is 4.79 Å². The number of hydrogen-bond acceptors (Lipinski definition) is 4. The number of nitrogens with two attached hydrogens (primary N) is 1. The molecule has 1 saturated heterocycles. The first kappa shape index (κ1) is 15.6. The third-order valence-electron chi connectivity index (χ3n) is 3.18. The van der Waals surface area contributed by atoms with Gasteiger partial charge >= 0.3 is 0 Å². The Kier molecular flexibility index (Phi) is 4.15. The Morgan fingerprint density at radius 1 is 1.38 bits per heavy atom. The molecule has 116 valence electrons. The summed E-state index contributed by atoms with van der Waals surface area (Å²) < 4.78 is 53.1. The Morgan fingerprint density at radius 3 is 2.48 bits per heavy atom. The zero-order chi connectivity index (χ0) is 15.8. The van der Waals surface area contributed by atoms with E-state index < -0.39 is 26.6 Å². The van der Waals surface area contributed by atoms with E-state index in [1.54, 1.807) is 0 Å². The summed E-state index contributed by atoms with van der Waals surface area (Å²) >= 11 is 0. The smallest absolute Gasteiger partial charge is 0.249 e. The van der Waals surface area contributed by atoms with Gasteiger partial charge in [0.05, 0.1) is 0 Å². The second kappa shape index (κ2) is 5.57. The van der Waals surface area contributed by atoms with Crippen molar-refractivity contribution in [2.24, 2.45) is 0 Å². The van der Waals surface area contributed by atoms with Crippen LogP contribution in [0.3, 0.4) is 0 Å². The molecule has 0 aromatic heterocycles. The van der Waals surface area contributed by atoms with Crippen molar-refractivity contribution in [3.8, 4) is 0 Å². The molecule has 9 heteroatoms. The van der Waals surface area contributed by atoms with Gasteiger partial charge in [-0.1, -0.05) is 0 Å². The molecule has 0 bridgehead atoms. The molecule has 1 aromatic carbocycles.